The molecule has 1 aromatic rings. The molecule has 0 atom stereocenters. The minimum atomic E-state index is -0.191. The van der Waals surface area contributed by atoms with Crippen molar-refractivity contribution in [3.05, 3.63) is 29.8 Å². The number of nitrogens with zero attached hydrogens (tertiary/aromatic N) is 1. The van der Waals surface area contributed by atoms with Crippen LogP contribution in [0, 0.1) is 5.92 Å². The fourth-order valence-corrected chi connectivity index (χ4v) is 3.97. The van der Waals surface area contributed by atoms with Crippen molar-refractivity contribution in [3.8, 4) is 5.75 Å². The number of benzene rings is 1. The molecular weight excluding hydrogens is 344 g/mol. The van der Waals surface area contributed by atoms with E-state index >= 15 is 0 Å². The second-order valence-corrected chi connectivity index (χ2v) is 7.82. The lowest BCUT2D eigenvalue weighted by Gasteiger charge is -2.42. The highest BCUT2D eigenvalue weighted by atomic mass is 16.5. The second kappa shape index (κ2) is 8.74. The molecule has 1 N–H and O–H groups in total. The Balaban J connectivity index is 1.57. The van der Waals surface area contributed by atoms with Crippen molar-refractivity contribution in [3.63, 3.8) is 0 Å². The average Bonchev–Trinajstić information content (AvgIpc) is 3.46. The molecule has 1 saturated heterocycles. The number of nitrogens with one attached hydrogen (secondary N) is 1. The zero-order chi connectivity index (χ0) is 19.3. The van der Waals surface area contributed by atoms with Gasteiger partial charge >= 0.3 is 0 Å². The van der Waals surface area contributed by atoms with Crippen LogP contribution in [0.1, 0.15) is 37.7 Å². The summed E-state index contributed by atoms with van der Waals surface area (Å²) in [6.07, 6.45) is 5.51. The standard InChI is InChI=1S/C21H30N2O4/c1-26-15-19(24)22-21(14-16-6-7-16)8-10-23(11-9-21)20(25)13-17-4-3-5-18(12-17)27-2/h3-5,12,16H,6-11,13-15H2,1-2H3,(H,22,24). The molecular formula is C21H30N2O4. The van der Waals surface area contributed by atoms with Crippen LogP contribution in [0.15, 0.2) is 24.3 Å². The van der Waals surface area contributed by atoms with E-state index in [1.807, 2.05) is 29.2 Å². The van der Waals surface area contributed by atoms with Crippen LogP contribution in [-0.2, 0) is 20.7 Å². The van der Waals surface area contributed by atoms with E-state index in [4.69, 9.17) is 9.47 Å². The van der Waals surface area contributed by atoms with Crippen molar-refractivity contribution in [2.24, 2.45) is 5.92 Å². The number of carbonyl (C=O) groups is 2. The van der Waals surface area contributed by atoms with E-state index in [1.165, 1.54) is 20.0 Å². The summed E-state index contributed by atoms with van der Waals surface area (Å²) in [4.78, 5) is 26.7. The molecule has 3 rings (SSSR count). The van der Waals surface area contributed by atoms with E-state index in [0.29, 0.717) is 25.4 Å². The van der Waals surface area contributed by atoms with E-state index in [1.54, 1.807) is 7.11 Å². The number of methoxy groups -OCH3 is 2. The van der Waals surface area contributed by atoms with Gasteiger partial charge in [0.2, 0.25) is 11.8 Å². The third kappa shape index (κ3) is 5.45. The molecule has 2 fully saturated rings. The molecule has 2 amide bonds. The van der Waals surface area contributed by atoms with Gasteiger partial charge in [-0.1, -0.05) is 25.0 Å². The molecule has 0 spiro atoms. The highest BCUT2D eigenvalue weighted by molar-refractivity contribution is 5.79. The summed E-state index contributed by atoms with van der Waals surface area (Å²) in [5.41, 5.74) is 0.770. The average molecular weight is 374 g/mol. The molecule has 2 aliphatic rings. The van der Waals surface area contributed by atoms with Crippen molar-refractivity contribution in [1.29, 1.82) is 0 Å². The summed E-state index contributed by atoms with van der Waals surface area (Å²) in [6, 6.07) is 7.64. The van der Waals surface area contributed by atoms with Gasteiger partial charge in [-0.25, -0.2) is 0 Å². The van der Waals surface area contributed by atoms with Gasteiger partial charge in [0.05, 0.1) is 13.5 Å². The van der Waals surface area contributed by atoms with Crippen LogP contribution >= 0.6 is 0 Å². The third-order valence-electron chi connectivity index (χ3n) is 5.62. The Kier molecular flexibility index (Phi) is 6.37. The summed E-state index contributed by atoms with van der Waals surface area (Å²) in [5, 5.41) is 3.21. The number of hydrogen-bond donors (Lipinski definition) is 1. The first-order chi connectivity index (χ1) is 13.0. The molecule has 148 valence electrons. The van der Waals surface area contributed by atoms with Gasteiger partial charge in [0.15, 0.2) is 0 Å². The van der Waals surface area contributed by atoms with E-state index in [2.05, 4.69) is 5.32 Å². The van der Waals surface area contributed by atoms with Crippen LogP contribution in [0.25, 0.3) is 0 Å². The van der Waals surface area contributed by atoms with E-state index in [-0.39, 0.29) is 24.0 Å². The molecule has 0 unspecified atom stereocenters. The van der Waals surface area contributed by atoms with E-state index in [9.17, 15) is 9.59 Å². The lowest BCUT2D eigenvalue weighted by atomic mass is 9.82. The summed E-state index contributed by atoms with van der Waals surface area (Å²) >= 11 is 0. The molecule has 1 aliphatic carbocycles. The van der Waals surface area contributed by atoms with E-state index in [0.717, 1.165) is 30.6 Å². The van der Waals surface area contributed by atoms with Crippen molar-refractivity contribution in [1.82, 2.24) is 10.2 Å². The molecule has 6 heteroatoms. The van der Waals surface area contributed by atoms with Gasteiger partial charge in [0.25, 0.3) is 0 Å². The Bertz CT molecular complexity index is 664. The topological polar surface area (TPSA) is 67.9 Å². The largest absolute Gasteiger partial charge is 0.497 e. The molecule has 1 heterocycles. The quantitative estimate of drug-likeness (QED) is 0.757. The summed E-state index contributed by atoms with van der Waals surface area (Å²) in [6.45, 7) is 1.45. The maximum atomic E-state index is 12.7. The Labute approximate surface area is 161 Å². The van der Waals surface area contributed by atoms with Crippen LogP contribution in [0.5, 0.6) is 5.75 Å². The predicted octanol–water partition coefficient (Wildman–Crippen LogP) is 2.16. The summed E-state index contributed by atoms with van der Waals surface area (Å²) in [5.74, 6) is 1.55. The molecule has 27 heavy (non-hydrogen) atoms. The monoisotopic (exact) mass is 374 g/mol. The first-order valence-electron chi connectivity index (χ1n) is 9.74. The lowest BCUT2D eigenvalue weighted by molar-refractivity contribution is -0.133. The van der Waals surface area contributed by atoms with Crippen LogP contribution in [-0.4, -0.2) is 56.2 Å². The number of rotatable bonds is 8. The van der Waals surface area contributed by atoms with Crippen molar-refractivity contribution >= 4 is 11.8 Å². The minimum Gasteiger partial charge on any atom is -0.497 e. The third-order valence-corrected chi connectivity index (χ3v) is 5.62. The maximum absolute atomic E-state index is 12.7. The van der Waals surface area contributed by atoms with Crippen LogP contribution < -0.4 is 10.1 Å². The number of ether oxygens (including phenoxy) is 2. The predicted molar refractivity (Wildman–Crippen MR) is 103 cm³/mol. The number of carbonyl (C=O) groups excluding carboxylic acids is 2. The van der Waals surface area contributed by atoms with Gasteiger partial charge in [0.1, 0.15) is 12.4 Å². The maximum Gasteiger partial charge on any atom is 0.246 e. The normalized spacial score (nSPS) is 18.8. The fourth-order valence-electron chi connectivity index (χ4n) is 3.97. The smallest absolute Gasteiger partial charge is 0.246 e. The number of amides is 2. The Morgan fingerprint density at radius 3 is 2.59 bits per heavy atom. The first-order valence-corrected chi connectivity index (χ1v) is 9.74. The Hall–Kier alpha value is -2.08. The SMILES string of the molecule is COCC(=O)NC1(CC2CC2)CCN(C(=O)Cc2cccc(OC)c2)CC1. The minimum absolute atomic E-state index is 0.0608. The van der Waals surface area contributed by atoms with Crippen LogP contribution in [0.3, 0.4) is 0 Å². The molecule has 6 nitrogen and oxygen atoms in total. The van der Waals surface area contributed by atoms with Gasteiger partial charge in [-0.3, -0.25) is 9.59 Å². The Morgan fingerprint density at radius 2 is 1.96 bits per heavy atom. The highest BCUT2D eigenvalue weighted by Crippen LogP contribution is 2.40. The highest BCUT2D eigenvalue weighted by Gasteiger charge is 2.41. The van der Waals surface area contributed by atoms with Gasteiger partial charge in [-0.2, -0.15) is 0 Å². The van der Waals surface area contributed by atoms with E-state index < -0.39 is 0 Å². The zero-order valence-corrected chi connectivity index (χ0v) is 16.3. The molecule has 1 aromatic carbocycles. The molecule has 0 bridgehead atoms. The molecule has 0 radical (unpaired) electrons. The molecule has 0 aromatic heterocycles. The summed E-state index contributed by atoms with van der Waals surface area (Å²) < 4.78 is 10.2. The van der Waals surface area contributed by atoms with Crippen molar-refractivity contribution in [2.75, 3.05) is 33.9 Å². The Morgan fingerprint density at radius 1 is 1.22 bits per heavy atom. The van der Waals surface area contributed by atoms with Gasteiger partial charge in [-0.15, -0.1) is 0 Å². The summed E-state index contributed by atoms with van der Waals surface area (Å²) in [7, 11) is 3.16. The molecule has 1 saturated carbocycles. The van der Waals surface area contributed by atoms with Gasteiger partial charge < -0.3 is 19.7 Å². The number of hydrogen-bond acceptors (Lipinski definition) is 4. The van der Waals surface area contributed by atoms with Crippen molar-refractivity contribution < 1.29 is 19.1 Å². The number of likely N-dealkylation sites (tertiary alicyclic amines) is 1. The fraction of sp³-hybridized carbons (Fsp3) is 0.619. The van der Waals surface area contributed by atoms with Gasteiger partial charge in [0, 0.05) is 25.7 Å². The van der Waals surface area contributed by atoms with Crippen LogP contribution in [0.2, 0.25) is 0 Å². The zero-order valence-electron chi connectivity index (χ0n) is 16.3. The van der Waals surface area contributed by atoms with Crippen molar-refractivity contribution in [2.45, 2.75) is 44.1 Å². The lowest BCUT2D eigenvalue weighted by Crippen LogP contribution is -2.57. The van der Waals surface area contributed by atoms with Gasteiger partial charge in [-0.05, 0) is 42.9 Å². The first kappa shape index (κ1) is 19.7. The van der Waals surface area contributed by atoms with Crippen LogP contribution in [0.4, 0.5) is 0 Å². The number of piperidine rings is 1. The molecule has 1 aliphatic heterocycles. The second-order valence-electron chi connectivity index (χ2n) is 7.82.